The molecule has 0 aliphatic heterocycles. The van der Waals surface area contributed by atoms with Gasteiger partial charge in [0.1, 0.15) is 0 Å². The summed E-state index contributed by atoms with van der Waals surface area (Å²) in [5, 5.41) is 15.6. The monoisotopic (exact) mass is 498 g/mol. The molecule has 0 saturated heterocycles. The molecule has 0 amide bonds. The summed E-state index contributed by atoms with van der Waals surface area (Å²) in [6, 6.07) is 0. The zero-order chi connectivity index (χ0) is 16.9. The van der Waals surface area contributed by atoms with Crippen molar-refractivity contribution in [3.63, 3.8) is 0 Å². The van der Waals surface area contributed by atoms with E-state index < -0.39 is 21.1 Å². The van der Waals surface area contributed by atoms with Gasteiger partial charge in [-0.25, -0.2) is 0 Å². The van der Waals surface area contributed by atoms with Crippen LogP contribution in [0.1, 0.15) is 20.8 Å². The molecule has 0 aromatic carbocycles. The van der Waals surface area contributed by atoms with Crippen LogP contribution in [0.3, 0.4) is 0 Å². The van der Waals surface area contributed by atoms with Crippen molar-refractivity contribution >= 4 is 73.8 Å². The van der Waals surface area contributed by atoms with Crippen molar-refractivity contribution in [3.8, 4) is 0 Å². The summed E-state index contributed by atoms with van der Waals surface area (Å²) in [7, 11) is 1.71. The van der Waals surface area contributed by atoms with Gasteiger partial charge >= 0.3 is 164 Å². The number of ether oxygens (including phenoxy) is 2. The van der Waals surface area contributed by atoms with Crippen molar-refractivity contribution in [1.29, 1.82) is 0 Å². The van der Waals surface area contributed by atoms with Crippen LogP contribution in [-0.2, 0) is 9.47 Å². The summed E-state index contributed by atoms with van der Waals surface area (Å²) in [5.41, 5.74) is 0.0397. The summed E-state index contributed by atoms with van der Waals surface area (Å²) in [6.45, 7) is 7.61. The van der Waals surface area contributed by atoms with Crippen LogP contribution in [0.15, 0.2) is 4.34 Å². The van der Waals surface area contributed by atoms with E-state index in [-0.39, 0.29) is 10.9 Å². The van der Waals surface area contributed by atoms with Crippen LogP contribution in [0.2, 0.25) is 0 Å². The van der Waals surface area contributed by atoms with Crippen molar-refractivity contribution in [2.45, 2.75) is 30.5 Å². The van der Waals surface area contributed by atoms with Gasteiger partial charge in [-0.05, 0) is 0 Å². The predicted molar refractivity (Wildman–Crippen MR) is 99.2 cm³/mol. The van der Waals surface area contributed by atoms with E-state index in [0.29, 0.717) is 13.2 Å². The van der Waals surface area contributed by atoms with Crippen LogP contribution in [0.4, 0.5) is 0 Å². The van der Waals surface area contributed by atoms with Crippen molar-refractivity contribution in [2.24, 2.45) is 5.41 Å². The quantitative estimate of drug-likeness (QED) is 0.245. The number of thioether (sulfide) groups is 1. The number of aromatic amines is 1. The van der Waals surface area contributed by atoms with Gasteiger partial charge < -0.3 is 0 Å². The number of methoxy groups -OCH3 is 1. The van der Waals surface area contributed by atoms with Gasteiger partial charge in [-0.1, -0.05) is 0 Å². The molecule has 11 heteroatoms. The van der Waals surface area contributed by atoms with E-state index in [0.717, 1.165) is 14.3 Å². The van der Waals surface area contributed by atoms with Crippen molar-refractivity contribution in [3.05, 3.63) is 3.95 Å². The van der Waals surface area contributed by atoms with Crippen molar-refractivity contribution in [1.82, 2.24) is 20.4 Å². The van der Waals surface area contributed by atoms with E-state index in [2.05, 4.69) is 34.2 Å². The third-order valence-electron chi connectivity index (χ3n) is 2.57. The average molecular weight is 497 g/mol. The topological polar surface area (TPSA) is 72.9 Å². The van der Waals surface area contributed by atoms with Crippen LogP contribution in [0.25, 0.3) is 0 Å². The fourth-order valence-corrected chi connectivity index (χ4v) is 10.7. The SMILES string of the molecule is COCC(C)(C)COC(C)Sc1nn[c]([Sn+2][c]2n[nH]c(=S)s2)s1. The number of aromatic nitrogens is 4. The van der Waals surface area contributed by atoms with Gasteiger partial charge in [-0.15, -0.1) is 0 Å². The maximum absolute atomic E-state index is 5.90. The molecule has 2 rings (SSSR count). The Labute approximate surface area is 163 Å². The molecule has 2 heterocycles. The Morgan fingerprint density at radius 3 is 2.74 bits per heavy atom. The van der Waals surface area contributed by atoms with Crippen LogP contribution in [0.5, 0.6) is 0 Å². The molecule has 0 aliphatic carbocycles. The van der Waals surface area contributed by atoms with Gasteiger partial charge in [-0.3, -0.25) is 0 Å². The third kappa shape index (κ3) is 7.04. The Morgan fingerprint density at radius 2 is 2.09 bits per heavy atom. The van der Waals surface area contributed by atoms with Crippen molar-refractivity contribution in [2.75, 3.05) is 20.3 Å². The fraction of sp³-hybridized carbons (Fsp3) is 0.667. The Balaban J connectivity index is 1.82. The molecule has 23 heavy (non-hydrogen) atoms. The summed E-state index contributed by atoms with van der Waals surface area (Å²) in [4.78, 5) is 0. The Kier molecular flexibility index (Phi) is 7.89. The summed E-state index contributed by atoms with van der Waals surface area (Å²) < 4.78 is 15.0. The normalized spacial score (nSPS) is 13.0. The summed E-state index contributed by atoms with van der Waals surface area (Å²) >= 11 is 8.85. The van der Waals surface area contributed by atoms with Crippen LogP contribution in [0, 0.1) is 9.37 Å². The predicted octanol–water partition coefficient (Wildman–Crippen LogP) is 1.83. The van der Waals surface area contributed by atoms with Gasteiger partial charge in [0.2, 0.25) is 0 Å². The molecule has 1 unspecified atom stereocenters. The molecule has 1 atom stereocenters. The van der Waals surface area contributed by atoms with E-state index in [1.807, 2.05) is 6.92 Å². The van der Waals surface area contributed by atoms with Crippen LogP contribution >= 0.6 is 46.7 Å². The molecule has 6 nitrogen and oxygen atoms in total. The number of hydrogen-bond donors (Lipinski definition) is 1. The first kappa shape index (κ1) is 19.7. The van der Waals surface area contributed by atoms with Gasteiger partial charge in [-0.2, -0.15) is 0 Å². The zero-order valence-corrected chi connectivity index (χ0v) is 19.4. The van der Waals surface area contributed by atoms with Crippen LogP contribution < -0.4 is 6.05 Å². The maximum atomic E-state index is 5.90. The first-order chi connectivity index (χ1) is 10.9. The van der Waals surface area contributed by atoms with Gasteiger partial charge in [0.15, 0.2) is 0 Å². The minimum absolute atomic E-state index is 0.00752. The van der Waals surface area contributed by atoms with Crippen LogP contribution in [-0.4, -0.2) is 67.3 Å². The number of rotatable bonds is 9. The first-order valence-electron chi connectivity index (χ1n) is 6.81. The molecule has 1 N–H and O–H groups in total. The van der Waals surface area contributed by atoms with E-state index in [1.165, 1.54) is 0 Å². The number of hydrogen-bond acceptors (Lipinski definition) is 9. The first-order valence-corrected chi connectivity index (χ1v) is 12.6. The average Bonchev–Trinajstić information content (AvgIpc) is 3.07. The second-order valence-electron chi connectivity index (χ2n) is 5.51. The number of H-pyrrole nitrogens is 1. The van der Waals surface area contributed by atoms with E-state index >= 15 is 0 Å². The number of nitrogens with one attached hydrogen (secondary N) is 1. The second-order valence-corrected chi connectivity index (χ2v) is 15.2. The molecule has 124 valence electrons. The Bertz CT molecular complexity index is 672. The molecular weight excluding hydrogens is 479 g/mol. The standard InChI is InChI=1S/C10H17N2O2S2.C2HN2S2.Sn/c1-8(16-9-12-11-7-15-9)14-6-10(2,3)5-13-4;5-2-4-3-1-6-2;/h8H,5-6H2,1-4H3;(H,4,5);/q;;+2. The Morgan fingerprint density at radius 1 is 1.30 bits per heavy atom. The summed E-state index contributed by atoms with van der Waals surface area (Å²) in [6.07, 6.45) is 0. The minimum atomic E-state index is -0.984. The van der Waals surface area contributed by atoms with Gasteiger partial charge in [0.25, 0.3) is 0 Å². The van der Waals surface area contributed by atoms with Crippen molar-refractivity contribution < 1.29 is 9.47 Å². The van der Waals surface area contributed by atoms with Gasteiger partial charge in [0.05, 0.1) is 0 Å². The Hall–Kier alpha value is 0.409. The van der Waals surface area contributed by atoms with E-state index in [4.69, 9.17) is 21.7 Å². The van der Waals surface area contributed by atoms with E-state index in [1.54, 1.807) is 41.5 Å². The molecular formula is C12H18N4O2S4Sn+2. The summed E-state index contributed by atoms with van der Waals surface area (Å²) in [5.74, 6) is 0. The molecule has 0 spiro atoms. The molecule has 2 aromatic heterocycles. The third-order valence-corrected chi connectivity index (χ3v) is 10.2. The molecule has 0 radical (unpaired) electrons. The fourth-order valence-electron chi connectivity index (χ4n) is 1.63. The molecule has 0 fully saturated rings. The number of nitrogens with zero attached hydrogens (tertiary/aromatic N) is 3. The molecule has 0 saturated carbocycles. The molecule has 2 aromatic rings. The van der Waals surface area contributed by atoms with Gasteiger partial charge in [0, 0.05) is 0 Å². The zero-order valence-electron chi connectivity index (χ0n) is 13.3. The molecule has 0 aliphatic rings. The second kappa shape index (κ2) is 9.20. The van der Waals surface area contributed by atoms with E-state index in [9.17, 15) is 0 Å². The molecule has 0 bridgehead atoms.